The van der Waals surface area contributed by atoms with E-state index in [0.717, 1.165) is 15.0 Å². The van der Waals surface area contributed by atoms with E-state index < -0.39 is 0 Å². The molecular weight excluding hydrogens is 262 g/mol. The summed E-state index contributed by atoms with van der Waals surface area (Å²) >= 11 is 7.80. The molecule has 10 heavy (non-hydrogen) atoms. The molecule has 0 radical (unpaired) electrons. The molecule has 0 saturated heterocycles. The van der Waals surface area contributed by atoms with Crippen molar-refractivity contribution in [3.63, 3.8) is 0 Å². The molecule has 1 heterocycles. The van der Waals surface area contributed by atoms with E-state index in [9.17, 15) is 0 Å². The van der Waals surface area contributed by atoms with Crippen LogP contribution in [-0.4, -0.2) is 9.97 Å². The van der Waals surface area contributed by atoms with Crippen LogP contribution in [0.2, 0.25) is 5.28 Å². The van der Waals surface area contributed by atoms with Crippen LogP contribution in [-0.2, 0) is 0 Å². The van der Waals surface area contributed by atoms with Crippen molar-refractivity contribution in [1.82, 2.24) is 9.97 Å². The molecule has 0 saturated carbocycles. The van der Waals surface area contributed by atoms with Crippen LogP contribution in [0.3, 0.4) is 0 Å². The van der Waals surface area contributed by atoms with Gasteiger partial charge in [0.05, 0.1) is 15.0 Å². The van der Waals surface area contributed by atoms with E-state index in [0.29, 0.717) is 5.28 Å². The Morgan fingerprint density at radius 3 is 2.00 bits per heavy atom. The highest BCUT2D eigenvalue weighted by Gasteiger charge is 2.02. The number of rotatable bonds is 0. The standard InChI is InChI=1S/C6H6ClIN2/c1-3-5(8)4(2)10-6(7)9-3/h1-2H3. The van der Waals surface area contributed by atoms with E-state index in [-0.39, 0.29) is 0 Å². The number of hydrogen-bond donors (Lipinski definition) is 0. The van der Waals surface area contributed by atoms with E-state index in [4.69, 9.17) is 11.6 Å². The molecule has 0 atom stereocenters. The molecule has 0 amide bonds. The molecule has 0 spiro atoms. The van der Waals surface area contributed by atoms with Gasteiger partial charge in [-0.1, -0.05) is 0 Å². The van der Waals surface area contributed by atoms with Crippen LogP contribution < -0.4 is 0 Å². The second kappa shape index (κ2) is 3.00. The second-order valence-electron chi connectivity index (χ2n) is 1.98. The predicted molar refractivity (Wildman–Crippen MR) is 49.2 cm³/mol. The van der Waals surface area contributed by atoms with Gasteiger partial charge >= 0.3 is 0 Å². The number of hydrogen-bond acceptors (Lipinski definition) is 2. The van der Waals surface area contributed by atoms with Crippen molar-refractivity contribution in [1.29, 1.82) is 0 Å². The minimum absolute atomic E-state index is 0.329. The zero-order chi connectivity index (χ0) is 7.72. The van der Waals surface area contributed by atoms with Crippen LogP contribution in [0.4, 0.5) is 0 Å². The first-order valence-corrected chi connectivity index (χ1v) is 4.23. The summed E-state index contributed by atoms with van der Waals surface area (Å²) in [6.07, 6.45) is 0. The van der Waals surface area contributed by atoms with Crippen molar-refractivity contribution < 1.29 is 0 Å². The summed E-state index contributed by atoms with van der Waals surface area (Å²) in [6, 6.07) is 0. The Labute approximate surface area is 78.2 Å². The summed E-state index contributed by atoms with van der Waals surface area (Å²) in [4.78, 5) is 7.96. The average molecular weight is 268 g/mol. The molecule has 4 heteroatoms. The van der Waals surface area contributed by atoms with E-state index >= 15 is 0 Å². The van der Waals surface area contributed by atoms with Crippen molar-refractivity contribution in [3.05, 3.63) is 20.2 Å². The molecule has 1 rings (SSSR count). The Morgan fingerprint density at radius 2 is 1.60 bits per heavy atom. The molecule has 0 unspecified atom stereocenters. The monoisotopic (exact) mass is 268 g/mol. The lowest BCUT2D eigenvalue weighted by atomic mass is 10.4. The molecule has 2 nitrogen and oxygen atoms in total. The van der Waals surface area contributed by atoms with Gasteiger partial charge in [-0.15, -0.1) is 0 Å². The summed E-state index contributed by atoms with van der Waals surface area (Å²) in [5.41, 5.74) is 1.89. The maximum Gasteiger partial charge on any atom is 0.222 e. The Hall–Kier alpha value is 0.100. The van der Waals surface area contributed by atoms with Gasteiger partial charge in [0.25, 0.3) is 0 Å². The molecule has 54 valence electrons. The smallest absolute Gasteiger partial charge is 0.222 e. The zero-order valence-corrected chi connectivity index (χ0v) is 8.56. The van der Waals surface area contributed by atoms with Gasteiger partial charge in [0, 0.05) is 0 Å². The van der Waals surface area contributed by atoms with Gasteiger partial charge in [0.1, 0.15) is 0 Å². The lowest BCUT2D eigenvalue weighted by Crippen LogP contribution is -1.94. The lowest BCUT2D eigenvalue weighted by molar-refractivity contribution is 1.03. The molecule has 0 bridgehead atoms. The fourth-order valence-electron chi connectivity index (χ4n) is 0.662. The van der Waals surface area contributed by atoms with Crippen molar-refractivity contribution in [3.8, 4) is 0 Å². The SMILES string of the molecule is Cc1nc(Cl)nc(C)c1I. The topological polar surface area (TPSA) is 25.8 Å². The highest BCUT2D eigenvalue weighted by atomic mass is 127. The molecule has 0 aliphatic rings. The van der Waals surface area contributed by atoms with Crippen molar-refractivity contribution >= 4 is 34.2 Å². The minimum Gasteiger partial charge on any atom is -0.222 e. The molecule has 1 aromatic heterocycles. The summed E-state index contributed by atoms with van der Waals surface area (Å²) in [5, 5.41) is 0.329. The van der Waals surface area contributed by atoms with Crippen LogP contribution in [0, 0.1) is 17.4 Å². The number of aryl methyl sites for hydroxylation is 2. The first kappa shape index (κ1) is 8.20. The lowest BCUT2D eigenvalue weighted by Gasteiger charge is -1.99. The van der Waals surface area contributed by atoms with Crippen LogP contribution in [0.1, 0.15) is 11.4 Å². The molecule has 0 fully saturated rings. The van der Waals surface area contributed by atoms with Crippen LogP contribution in [0.15, 0.2) is 0 Å². The molecule has 0 N–H and O–H groups in total. The number of nitrogens with zero attached hydrogens (tertiary/aromatic N) is 2. The fourth-order valence-corrected chi connectivity index (χ4v) is 1.16. The van der Waals surface area contributed by atoms with E-state index in [1.807, 2.05) is 13.8 Å². The van der Waals surface area contributed by atoms with Crippen molar-refractivity contribution in [2.24, 2.45) is 0 Å². The number of halogens is 2. The zero-order valence-electron chi connectivity index (χ0n) is 5.65. The molecule has 0 aliphatic carbocycles. The molecule has 0 aliphatic heterocycles. The maximum atomic E-state index is 5.60. The second-order valence-corrected chi connectivity index (χ2v) is 3.39. The van der Waals surface area contributed by atoms with Gasteiger partial charge < -0.3 is 0 Å². The molecule has 0 aromatic carbocycles. The Balaban J connectivity index is 3.31. The average Bonchev–Trinajstić information content (AvgIpc) is 1.82. The quantitative estimate of drug-likeness (QED) is 0.533. The van der Waals surface area contributed by atoms with E-state index in [1.54, 1.807) is 0 Å². The summed E-state index contributed by atoms with van der Waals surface area (Å²) < 4.78 is 1.09. The fraction of sp³-hybridized carbons (Fsp3) is 0.333. The van der Waals surface area contributed by atoms with Crippen LogP contribution in [0.5, 0.6) is 0 Å². The Kier molecular flexibility index (Phi) is 2.46. The number of aromatic nitrogens is 2. The summed E-state index contributed by atoms with van der Waals surface area (Å²) in [7, 11) is 0. The Bertz CT molecular complexity index is 239. The summed E-state index contributed by atoms with van der Waals surface area (Å²) in [5.74, 6) is 0. The highest BCUT2D eigenvalue weighted by molar-refractivity contribution is 14.1. The van der Waals surface area contributed by atoms with Gasteiger partial charge in [-0.25, -0.2) is 9.97 Å². The molecule has 1 aromatic rings. The van der Waals surface area contributed by atoms with Crippen molar-refractivity contribution in [2.45, 2.75) is 13.8 Å². The first-order chi connectivity index (χ1) is 4.61. The van der Waals surface area contributed by atoms with Gasteiger partial charge in [-0.2, -0.15) is 0 Å². The normalized spacial score (nSPS) is 10.0. The highest BCUT2D eigenvalue weighted by Crippen LogP contribution is 2.14. The summed E-state index contributed by atoms with van der Waals surface area (Å²) in [6.45, 7) is 3.84. The predicted octanol–water partition coefficient (Wildman–Crippen LogP) is 2.35. The Morgan fingerprint density at radius 1 is 1.20 bits per heavy atom. The van der Waals surface area contributed by atoms with Gasteiger partial charge in [0.2, 0.25) is 5.28 Å². The third-order valence-corrected chi connectivity index (χ3v) is 2.89. The van der Waals surface area contributed by atoms with Gasteiger partial charge in [0.15, 0.2) is 0 Å². The molecular formula is C6H6ClIN2. The largest absolute Gasteiger partial charge is 0.222 e. The minimum atomic E-state index is 0.329. The maximum absolute atomic E-state index is 5.60. The van der Waals surface area contributed by atoms with Crippen molar-refractivity contribution in [2.75, 3.05) is 0 Å². The van der Waals surface area contributed by atoms with Gasteiger partial charge in [-0.3, -0.25) is 0 Å². The van der Waals surface area contributed by atoms with Gasteiger partial charge in [-0.05, 0) is 48.0 Å². The van der Waals surface area contributed by atoms with Crippen LogP contribution in [0.25, 0.3) is 0 Å². The van der Waals surface area contributed by atoms with Crippen LogP contribution >= 0.6 is 34.2 Å². The third kappa shape index (κ3) is 1.58. The van der Waals surface area contributed by atoms with E-state index in [2.05, 4.69) is 32.6 Å². The third-order valence-electron chi connectivity index (χ3n) is 1.16. The first-order valence-electron chi connectivity index (χ1n) is 2.77. The van der Waals surface area contributed by atoms with E-state index in [1.165, 1.54) is 0 Å².